The summed E-state index contributed by atoms with van der Waals surface area (Å²) in [6, 6.07) is 0. The number of carbonyl (C=O) groups excluding carboxylic acids is 1. The van der Waals surface area contributed by atoms with Crippen molar-refractivity contribution in [3.63, 3.8) is 0 Å². The SMILES string of the molecule is CSC1=NC(=O)C2(CCCCC2)N1C. The van der Waals surface area contributed by atoms with Crippen molar-refractivity contribution in [3.8, 4) is 0 Å². The number of rotatable bonds is 0. The van der Waals surface area contributed by atoms with E-state index in [1.807, 2.05) is 13.3 Å². The average molecular weight is 212 g/mol. The van der Waals surface area contributed by atoms with Crippen LogP contribution in [0.5, 0.6) is 0 Å². The van der Waals surface area contributed by atoms with Crippen LogP contribution in [0.2, 0.25) is 0 Å². The number of amides is 1. The van der Waals surface area contributed by atoms with E-state index < -0.39 is 0 Å². The van der Waals surface area contributed by atoms with E-state index in [0.717, 1.165) is 30.9 Å². The maximum Gasteiger partial charge on any atom is 0.273 e. The Morgan fingerprint density at radius 3 is 2.50 bits per heavy atom. The minimum absolute atomic E-state index is 0.0871. The van der Waals surface area contributed by atoms with Crippen molar-refractivity contribution in [2.75, 3.05) is 13.3 Å². The maximum atomic E-state index is 11.9. The molecule has 4 heteroatoms. The van der Waals surface area contributed by atoms with E-state index in [0.29, 0.717) is 0 Å². The molecule has 0 N–H and O–H groups in total. The van der Waals surface area contributed by atoms with Crippen molar-refractivity contribution in [2.24, 2.45) is 4.99 Å². The lowest BCUT2D eigenvalue weighted by atomic mass is 9.81. The number of likely N-dealkylation sites (N-methyl/N-ethyl adjacent to an activating group) is 1. The molecule has 0 atom stereocenters. The van der Waals surface area contributed by atoms with Crippen LogP contribution in [-0.2, 0) is 4.79 Å². The van der Waals surface area contributed by atoms with Gasteiger partial charge in [0.2, 0.25) is 0 Å². The molecule has 14 heavy (non-hydrogen) atoms. The summed E-state index contributed by atoms with van der Waals surface area (Å²) in [5.41, 5.74) is -0.267. The van der Waals surface area contributed by atoms with Crippen LogP contribution < -0.4 is 0 Å². The number of amidine groups is 1. The normalized spacial score (nSPS) is 25.7. The quantitative estimate of drug-likeness (QED) is 0.614. The first-order valence-electron chi connectivity index (χ1n) is 5.12. The minimum atomic E-state index is -0.267. The fraction of sp³-hybridized carbons (Fsp3) is 0.800. The second kappa shape index (κ2) is 3.57. The molecule has 0 bridgehead atoms. The van der Waals surface area contributed by atoms with E-state index in [-0.39, 0.29) is 11.4 Å². The number of thioether (sulfide) groups is 1. The summed E-state index contributed by atoms with van der Waals surface area (Å²) in [4.78, 5) is 18.1. The van der Waals surface area contributed by atoms with Gasteiger partial charge in [-0.05, 0) is 19.1 Å². The van der Waals surface area contributed by atoms with Gasteiger partial charge in [-0.2, -0.15) is 4.99 Å². The summed E-state index contributed by atoms with van der Waals surface area (Å²) < 4.78 is 0. The van der Waals surface area contributed by atoms with E-state index in [9.17, 15) is 4.79 Å². The Hall–Kier alpha value is -0.510. The number of nitrogens with zero attached hydrogens (tertiary/aromatic N) is 2. The van der Waals surface area contributed by atoms with E-state index in [2.05, 4.69) is 9.89 Å². The molecule has 3 nitrogen and oxygen atoms in total. The number of carbonyl (C=O) groups is 1. The number of aliphatic imine (C=N–C) groups is 1. The molecule has 0 saturated heterocycles. The van der Waals surface area contributed by atoms with Crippen LogP contribution in [0.3, 0.4) is 0 Å². The van der Waals surface area contributed by atoms with Gasteiger partial charge >= 0.3 is 0 Å². The first-order chi connectivity index (χ1) is 6.70. The molecule has 2 rings (SSSR count). The van der Waals surface area contributed by atoms with Crippen LogP contribution in [0.4, 0.5) is 0 Å². The first-order valence-corrected chi connectivity index (χ1v) is 6.34. The first kappa shape index (κ1) is 10.0. The predicted molar refractivity (Wildman–Crippen MR) is 59.5 cm³/mol. The molecule has 78 valence electrons. The van der Waals surface area contributed by atoms with Gasteiger partial charge in [-0.3, -0.25) is 4.79 Å². The van der Waals surface area contributed by atoms with Gasteiger partial charge in [0, 0.05) is 7.05 Å². The highest BCUT2D eigenvalue weighted by Crippen LogP contribution is 2.38. The maximum absolute atomic E-state index is 11.9. The van der Waals surface area contributed by atoms with Crippen molar-refractivity contribution < 1.29 is 4.79 Å². The molecule has 0 aromatic carbocycles. The summed E-state index contributed by atoms with van der Waals surface area (Å²) >= 11 is 1.57. The molecular formula is C10H16N2OS. The van der Waals surface area contributed by atoms with Gasteiger partial charge in [0.15, 0.2) is 5.17 Å². The van der Waals surface area contributed by atoms with Crippen molar-refractivity contribution in [2.45, 2.75) is 37.6 Å². The summed E-state index contributed by atoms with van der Waals surface area (Å²) in [5, 5.41) is 0.886. The summed E-state index contributed by atoms with van der Waals surface area (Å²) in [7, 11) is 2.01. The highest BCUT2D eigenvalue weighted by atomic mass is 32.2. The molecule has 1 aliphatic heterocycles. The third-order valence-electron chi connectivity index (χ3n) is 3.39. The Morgan fingerprint density at radius 1 is 1.36 bits per heavy atom. The smallest absolute Gasteiger partial charge is 0.273 e. The lowest BCUT2D eigenvalue weighted by Crippen LogP contribution is -2.50. The van der Waals surface area contributed by atoms with Gasteiger partial charge < -0.3 is 4.90 Å². The standard InChI is InChI=1S/C10H16N2OS/c1-12-9(14-2)11-8(13)10(12)6-4-3-5-7-10/h3-7H2,1-2H3. The summed E-state index contributed by atoms with van der Waals surface area (Å²) in [5.74, 6) is 0.0871. The van der Waals surface area contributed by atoms with E-state index in [1.54, 1.807) is 11.8 Å². The van der Waals surface area contributed by atoms with E-state index >= 15 is 0 Å². The minimum Gasteiger partial charge on any atom is -0.339 e. The Balaban J connectivity index is 2.25. The third kappa shape index (κ3) is 1.28. The van der Waals surface area contributed by atoms with Gasteiger partial charge in [0.1, 0.15) is 5.54 Å². The van der Waals surface area contributed by atoms with Crippen LogP contribution in [0.1, 0.15) is 32.1 Å². The zero-order valence-corrected chi connectivity index (χ0v) is 9.56. The van der Waals surface area contributed by atoms with Crippen molar-refractivity contribution in [3.05, 3.63) is 0 Å². The van der Waals surface area contributed by atoms with Crippen LogP contribution in [0.15, 0.2) is 4.99 Å². The lowest BCUT2D eigenvalue weighted by Gasteiger charge is -2.38. The van der Waals surface area contributed by atoms with Crippen molar-refractivity contribution >= 4 is 22.8 Å². The Labute approximate surface area is 89.0 Å². The molecule has 2 aliphatic rings. The molecule has 1 amide bonds. The third-order valence-corrected chi connectivity index (χ3v) is 4.12. The molecule has 1 heterocycles. The molecule has 0 aromatic heterocycles. The topological polar surface area (TPSA) is 32.7 Å². The second-order valence-corrected chi connectivity index (χ2v) is 4.83. The van der Waals surface area contributed by atoms with Gasteiger partial charge in [-0.15, -0.1) is 0 Å². The fourth-order valence-corrected chi connectivity index (χ4v) is 3.08. The van der Waals surface area contributed by atoms with Crippen LogP contribution in [0, 0.1) is 0 Å². The number of hydrogen-bond donors (Lipinski definition) is 0. The van der Waals surface area contributed by atoms with E-state index in [4.69, 9.17) is 0 Å². The molecule has 1 fully saturated rings. The van der Waals surface area contributed by atoms with Crippen molar-refractivity contribution in [1.29, 1.82) is 0 Å². The average Bonchev–Trinajstić information content (AvgIpc) is 2.45. The fourth-order valence-electron chi connectivity index (χ4n) is 2.46. The van der Waals surface area contributed by atoms with Crippen molar-refractivity contribution in [1.82, 2.24) is 4.90 Å². The van der Waals surface area contributed by atoms with Crippen LogP contribution in [0.25, 0.3) is 0 Å². The van der Waals surface area contributed by atoms with Crippen LogP contribution in [-0.4, -0.2) is 34.8 Å². The van der Waals surface area contributed by atoms with Gasteiger partial charge in [0.25, 0.3) is 5.91 Å². The zero-order chi connectivity index (χ0) is 10.2. The Bertz CT molecular complexity index is 282. The molecule has 0 radical (unpaired) electrons. The van der Waals surface area contributed by atoms with Crippen LogP contribution >= 0.6 is 11.8 Å². The van der Waals surface area contributed by atoms with Gasteiger partial charge in [-0.25, -0.2) is 0 Å². The lowest BCUT2D eigenvalue weighted by molar-refractivity contribution is -0.126. The highest BCUT2D eigenvalue weighted by Gasteiger charge is 2.48. The summed E-state index contributed by atoms with van der Waals surface area (Å²) in [6.45, 7) is 0. The molecule has 1 aliphatic carbocycles. The predicted octanol–water partition coefficient (Wildman–Crippen LogP) is 1.88. The largest absolute Gasteiger partial charge is 0.339 e. The molecule has 0 unspecified atom stereocenters. The molecule has 0 aromatic rings. The van der Waals surface area contributed by atoms with Gasteiger partial charge in [-0.1, -0.05) is 31.0 Å². The molecular weight excluding hydrogens is 196 g/mol. The number of hydrogen-bond acceptors (Lipinski definition) is 3. The van der Waals surface area contributed by atoms with Gasteiger partial charge in [0.05, 0.1) is 0 Å². The Morgan fingerprint density at radius 2 is 2.00 bits per heavy atom. The molecule has 1 spiro atoms. The monoisotopic (exact) mass is 212 g/mol. The summed E-state index contributed by atoms with van der Waals surface area (Å²) in [6.07, 6.45) is 7.52. The molecule has 1 saturated carbocycles. The van der Waals surface area contributed by atoms with E-state index in [1.165, 1.54) is 6.42 Å². The highest BCUT2D eigenvalue weighted by molar-refractivity contribution is 8.13. The Kier molecular flexibility index (Phi) is 2.56. The zero-order valence-electron chi connectivity index (χ0n) is 8.75. The second-order valence-electron chi connectivity index (χ2n) is 4.05.